The Balaban J connectivity index is 1.68. The predicted octanol–water partition coefficient (Wildman–Crippen LogP) is 3.31. The van der Waals surface area contributed by atoms with Crippen molar-refractivity contribution in [2.45, 2.75) is 30.9 Å². The summed E-state index contributed by atoms with van der Waals surface area (Å²) < 4.78 is 44.6. The maximum absolute atomic E-state index is 13.7. The van der Waals surface area contributed by atoms with Gasteiger partial charge in [-0.25, -0.2) is 13.4 Å². The number of aliphatic hydroxyl groups is 1. The number of aliphatic hydroxyl groups excluding tert-OH is 1. The lowest BCUT2D eigenvalue weighted by atomic mass is 9.99. The van der Waals surface area contributed by atoms with Gasteiger partial charge in [0.15, 0.2) is 0 Å². The molecule has 10 nitrogen and oxygen atoms in total. The third kappa shape index (κ3) is 6.06. The molecule has 1 N–H and O–H groups in total. The lowest BCUT2D eigenvalue weighted by Crippen LogP contribution is -2.50. The third-order valence-corrected chi connectivity index (χ3v) is 8.99. The Kier molecular flexibility index (Phi) is 8.97. The van der Waals surface area contributed by atoms with E-state index in [2.05, 4.69) is 4.98 Å². The molecule has 0 saturated carbocycles. The summed E-state index contributed by atoms with van der Waals surface area (Å²) in [6.07, 6.45) is 0.993. The quantitative estimate of drug-likeness (QED) is 0.417. The number of pyridine rings is 1. The van der Waals surface area contributed by atoms with Crippen LogP contribution in [-0.4, -0.2) is 86.7 Å². The largest absolute Gasteiger partial charge is 0.497 e. The molecule has 3 aromatic rings. The minimum absolute atomic E-state index is 0.0203. The van der Waals surface area contributed by atoms with Gasteiger partial charge in [0.2, 0.25) is 15.9 Å². The van der Waals surface area contributed by atoms with Crippen molar-refractivity contribution in [3.63, 3.8) is 0 Å². The molecule has 1 aliphatic rings. The number of amides is 1. The van der Waals surface area contributed by atoms with Gasteiger partial charge in [-0.1, -0.05) is 19.1 Å². The number of sulfonamides is 1. The number of aromatic nitrogens is 1. The van der Waals surface area contributed by atoms with Crippen molar-refractivity contribution < 1.29 is 32.5 Å². The fourth-order valence-corrected chi connectivity index (χ4v) is 5.72. The zero-order chi connectivity index (χ0) is 29.0. The van der Waals surface area contributed by atoms with Crippen LogP contribution < -0.4 is 14.2 Å². The first-order valence-corrected chi connectivity index (χ1v) is 14.4. The monoisotopic (exact) mass is 569 g/mol. The number of carbonyl (C=O) groups excluding carboxylic acids is 1. The van der Waals surface area contributed by atoms with E-state index in [1.165, 1.54) is 30.6 Å². The van der Waals surface area contributed by atoms with Crippen LogP contribution in [0.25, 0.3) is 11.1 Å². The lowest BCUT2D eigenvalue weighted by Gasteiger charge is -2.37. The van der Waals surface area contributed by atoms with Crippen molar-refractivity contribution in [1.29, 1.82) is 0 Å². The van der Waals surface area contributed by atoms with E-state index >= 15 is 0 Å². The highest BCUT2D eigenvalue weighted by atomic mass is 32.2. The van der Waals surface area contributed by atoms with Crippen LogP contribution in [0.5, 0.6) is 17.4 Å². The molecule has 2 heterocycles. The molecule has 1 aliphatic heterocycles. The fourth-order valence-electron chi connectivity index (χ4n) is 4.54. The molecule has 3 atom stereocenters. The van der Waals surface area contributed by atoms with Gasteiger partial charge in [0, 0.05) is 31.3 Å². The van der Waals surface area contributed by atoms with Gasteiger partial charge >= 0.3 is 0 Å². The van der Waals surface area contributed by atoms with Gasteiger partial charge in [-0.05, 0) is 55.0 Å². The number of nitrogens with zero attached hydrogens (tertiary/aromatic N) is 3. The summed E-state index contributed by atoms with van der Waals surface area (Å²) in [6.45, 7) is 3.71. The fraction of sp³-hybridized carbons (Fsp3) is 0.379. The van der Waals surface area contributed by atoms with E-state index in [0.717, 1.165) is 5.56 Å². The van der Waals surface area contributed by atoms with Crippen molar-refractivity contribution in [3.05, 3.63) is 66.4 Å². The molecule has 0 bridgehead atoms. The summed E-state index contributed by atoms with van der Waals surface area (Å²) in [7, 11) is 0.766. The standard InChI is InChI=1S/C29H35N3O7S/c1-19-16-32(20(2)18-33)29(34)26-14-22(21-6-8-23(37-4)9-7-21)15-30-28(26)39-27(19)17-31(3)40(35,36)25-12-10-24(38-5)11-13-25/h6-15,19-20,27,33H,16-18H2,1-5H3/t19-,20-,27+/m0/s1. The van der Waals surface area contributed by atoms with E-state index in [4.69, 9.17) is 14.2 Å². The van der Waals surface area contributed by atoms with E-state index in [-0.39, 0.29) is 47.9 Å². The number of ether oxygens (including phenoxy) is 3. The molecule has 0 unspecified atom stereocenters. The Morgan fingerprint density at radius 3 is 2.25 bits per heavy atom. The number of benzene rings is 2. The maximum Gasteiger partial charge on any atom is 0.259 e. The molecular formula is C29H35N3O7S. The van der Waals surface area contributed by atoms with E-state index < -0.39 is 22.2 Å². The normalized spacial score (nSPS) is 18.4. The summed E-state index contributed by atoms with van der Waals surface area (Å²) in [5.41, 5.74) is 1.79. The number of hydrogen-bond acceptors (Lipinski definition) is 8. The molecule has 214 valence electrons. The minimum atomic E-state index is -3.83. The van der Waals surface area contributed by atoms with Gasteiger partial charge in [0.25, 0.3) is 5.91 Å². The van der Waals surface area contributed by atoms with Crippen molar-refractivity contribution in [1.82, 2.24) is 14.2 Å². The summed E-state index contributed by atoms with van der Waals surface area (Å²) in [5.74, 6) is 0.782. The number of fused-ring (bicyclic) bond motifs is 1. The molecule has 2 aromatic carbocycles. The van der Waals surface area contributed by atoms with Gasteiger partial charge in [-0.15, -0.1) is 0 Å². The summed E-state index contributed by atoms with van der Waals surface area (Å²) >= 11 is 0. The van der Waals surface area contributed by atoms with Crippen LogP contribution in [-0.2, 0) is 10.0 Å². The van der Waals surface area contributed by atoms with Gasteiger partial charge in [-0.3, -0.25) is 4.79 Å². The average molecular weight is 570 g/mol. The number of rotatable bonds is 9. The number of carbonyl (C=O) groups is 1. The van der Waals surface area contributed by atoms with E-state index in [0.29, 0.717) is 17.1 Å². The molecule has 0 radical (unpaired) electrons. The smallest absolute Gasteiger partial charge is 0.259 e. The van der Waals surface area contributed by atoms with Crippen LogP contribution in [0.4, 0.5) is 0 Å². The number of likely N-dealkylation sites (N-methyl/N-ethyl adjacent to an activating group) is 1. The Morgan fingerprint density at radius 2 is 1.68 bits per heavy atom. The Hall–Kier alpha value is -3.67. The first-order valence-electron chi connectivity index (χ1n) is 12.9. The summed E-state index contributed by atoms with van der Waals surface area (Å²) in [4.78, 5) is 19.9. The van der Waals surface area contributed by atoms with Crippen molar-refractivity contribution in [2.75, 3.05) is 41.0 Å². The topological polar surface area (TPSA) is 118 Å². The minimum Gasteiger partial charge on any atom is -0.497 e. The van der Waals surface area contributed by atoms with Gasteiger partial charge in [0.1, 0.15) is 23.2 Å². The maximum atomic E-state index is 13.7. The van der Waals surface area contributed by atoms with Gasteiger partial charge < -0.3 is 24.2 Å². The molecule has 0 fully saturated rings. The second-order valence-electron chi connectivity index (χ2n) is 9.89. The molecule has 1 amide bonds. The van der Waals surface area contributed by atoms with Gasteiger partial charge in [0.05, 0.1) is 38.3 Å². The third-order valence-electron chi connectivity index (χ3n) is 7.15. The van der Waals surface area contributed by atoms with E-state index in [1.54, 1.807) is 43.3 Å². The highest BCUT2D eigenvalue weighted by Gasteiger charge is 2.36. The predicted molar refractivity (Wildman–Crippen MR) is 150 cm³/mol. The molecule has 4 rings (SSSR count). The zero-order valence-corrected chi connectivity index (χ0v) is 24.1. The van der Waals surface area contributed by atoms with Crippen LogP contribution >= 0.6 is 0 Å². The first-order chi connectivity index (χ1) is 19.1. The van der Waals surface area contributed by atoms with E-state index in [9.17, 15) is 18.3 Å². The second kappa shape index (κ2) is 12.2. The zero-order valence-electron chi connectivity index (χ0n) is 23.3. The summed E-state index contributed by atoms with van der Waals surface area (Å²) in [6, 6.07) is 14.8. The molecule has 0 saturated heterocycles. The van der Waals surface area contributed by atoms with Crippen LogP contribution in [0.3, 0.4) is 0 Å². The highest BCUT2D eigenvalue weighted by molar-refractivity contribution is 7.89. The molecule has 0 aliphatic carbocycles. The second-order valence-corrected chi connectivity index (χ2v) is 11.9. The van der Waals surface area contributed by atoms with Crippen molar-refractivity contribution >= 4 is 15.9 Å². The van der Waals surface area contributed by atoms with Gasteiger partial charge in [-0.2, -0.15) is 4.31 Å². The Labute approximate surface area is 235 Å². The first kappa shape index (κ1) is 29.3. The van der Waals surface area contributed by atoms with Crippen LogP contribution in [0.2, 0.25) is 0 Å². The summed E-state index contributed by atoms with van der Waals surface area (Å²) in [5, 5.41) is 9.92. The van der Waals surface area contributed by atoms with Crippen molar-refractivity contribution in [2.24, 2.45) is 5.92 Å². The van der Waals surface area contributed by atoms with Crippen LogP contribution in [0.15, 0.2) is 65.7 Å². The Morgan fingerprint density at radius 1 is 1.07 bits per heavy atom. The molecular weight excluding hydrogens is 534 g/mol. The molecule has 1 aromatic heterocycles. The van der Waals surface area contributed by atoms with E-state index in [1.807, 2.05) is 31.2 Å². The Bertz CT molecular complexity index is 1430. The van der Waals surface area contributed by atoms with Crippen LogP contribution in [0.1, 0.15) is 24.2 Å². The lowest BCUT2D eigenvalue weighted by molar-refractivity contribution is 0.0373. The molecule has 0 spiro atoms. The SMILES string of the molecule is COc1ccc(-c2cnc3c(c2)C(=O)N([C@@H](C)CO)C[C@H](C)[C@@H](CN(C)S(=O)(=O)c2ccc(OC)cc2)O3)cc1. The average Bonchev–Trinajstić information content (AvgIpc) is 2.98. The van der Waals surface area contributed by atoms with Crippen LogP contribution in [0, 0.1) is 5.92 Å². The number of methoxy groups -OCH3 is 2. The molecule has 40 heavy (non-hydrogen) atoms. The highest BCUT2D eigenvalue weighted by Crippen LogP contribution is 2.31. The molecule has 11 heteroatoms. The van der Waals surface area contributed by atoms with Crippen molar-refractivity contribution in [3.8, 4) is 28.5 Å². The number of hydrogen-bond donors (Lipinski definition) is 1.